The van der Waals surface area contributed by atoms with Crippen LogP contribution in [0.15, 0.2) is 41.0 Å². The first-order valence-electron chi connectivity index (χ1n) is 8.78. The molecule has 1 fully saturated rings. The number of nitrogens with one attached hydrogen (secondary N) is 1. The molecule has 8 nitrogen and oxygen atoms in total. The summed E-state index contributed by atoms with van der Waals surface area (Å²) >= 11 is 0. The number of para-hydroxylation sites is 1. The SMILES string of the molecule is Cc1ccccc1OCC(=O)Nc1ccc(N2CCOCC2)c2nonc12. The van der Waals surface area contributed by atoms with Gasteiger partial charge in [0.15, 0.2) is 17.6 Å². The molecule has 0 saturated carbocycles. The van der Waals surface area contributed by atoms with Gasteiger partial charge in [0, 0.05) is 13.1 Å². The number of aryl methyl sites for hydroxylation is 1. The predicted octanol–water partition coefficient (Wildman–Crippen LogP) is 2.39. The fraction of sp³-hybridized carbons (Fsp3) is 0.316. The number of amides is 1. The Morgan fingerprint density at radius 2 is 1.93 bits per heavy atom. The molecule has 1 saturated heterocycles. The van der Waals surface area contributed by atoms with Crippen LogP contribution in [0.1, 0.15) is 5.56 Å². The van der Waals surface area contributed by atoms with Gasteiger partial charge in [-0.05, 0) is 41.0 Å². The molecule has 2 heterocycles. The van der Waals surface area contributed by atoms with Gasteiger partial charge in [-0.2, -0.15) is 0 Å². The fourth-order valence-corrected chi connectivity index (χ4v) is 3.06. The highest BCUT2D eigenvalue weighted by atomic mass is 16.6. The summed E-state index contributed by atoms with van der Waals surface area (Å²) in [4.78, 5) is 14.5. The van der Waals surface area contributed by atoms with Crippen LogP contribution in [0.4, 0.5) is 11.4 Å². The second-order valence-corrected chi connectivity index (χ2v) is 6.30. The molecule has 27 heavy (non-hydrogen) atoms. The van der Waals surface area contributed by atoms with E-state index in [0.717, 1.165) is 24.3 Å². The maximum Gasteiger partial charge on any atom is 0.262 e. The quantitative estimate of drug-likeness (QED) is 0.739. The van der Waals surface area contributed by atoms with Gasteiger partial charge < -0.3 is 19.7 Å². The summed E-state index contributed by atoms with van der Waals surface area (Å²) in [6.45, 7) is 4.73. The van der Waals surface area contributed by atoms with Gasteiger partial charge in [-0.15, -0.1) is 0 Å². The van der Waals surface area contributed by atoms with E-state index < -0.39 is 0 Å². The number of rotatable bonds is 5. The highest BCUT2D eigenvalue weighted by Gasteiger charge is 2.19. The first-order valence-corrected chi connectivity index (χ1v) is 8.78. The third-order valence-electron chi connectivity index (χ3n) is 4.47. The van der Waals surface area contributed by atoms with Crippen LogP contribution in [0.5, 0.6) is 5.75 Å². The molecule has 8 heteroatoms. The number of morpholine rings is 1. The Morgan fingerprint density at radius 3 is 2.74 bits per heavy atom. The Bertz CT molecular complexity index is 950. The van der Waals surface area contributed by atoms with E-state index in [-0.39, 0.29) is 12.5 Å². The number of aromatic nitrogens is 2. The molecule has 0 radical (unpaired) electrons. The summed E-state index contributed by atoms with van der Waals surface area (Å²) in [5, 5.41) is 10.8. The summed E-state index contributed by atoms with van der Waals surface area (Å²) in [5.74, 6) is 0.408. The topological polar surface area (TPSA) is 89.7 Å². The zero-order chi connectivity index (χ0) is 18.6. The minimum absolute atomic E-state index is 0.0944. The standard InChI is InChI=1S/C19H20N4O4/c1-13-4-2-3-5-16(13)26-12-17(24)20-14-6-7-15(19-18(14)21-27-22-19)23-8-10-25-11-9-23/h2-7H,8-12H2,1H3,(H,20,24). The smallest absolute Gasteiger partial charge is 0.262 e. The van der Waals surface area contributed by atoms with Crippen LogP contribution in [-0.2, 0) is 9.53 Å². The summed E-state index contributed by atoms with van der Waals surface area (Å²) < 4.78 is 15.9. The van der Waals surface area contributed by atoms with Gasteiger partial charge in [0.05, 0.1) is 24.6 Å². The maximum absolute atomic E-state index is 12.3. The lowest BCUT2D eigenvalue weighted by atomic mass is 10.2. The van der Waals surface area contributed by atoms with Crippen LogP contribution < -0.4 is 15.0 Å². The minimum atomic E-state index is -0.276. The van der Waals surface area contributed by atoms with Gasteiger partial charge in [0.1, 0.15) is 5.75 Å². The third kappa shape index (κ3) is 3.70. The van der Waals surface area contributed by atoms with Gasteiger partial charge in [-0.25, -0.2) is 4.63 Å². The predicted molar refractivity (Wildman–Crippen MR) is 100 cm³/mol. The molecule has 0 unspecified atom stereocenters. The molecule has 3 aromatic rings. The lowest BCUT2D eigenvalue weighted by Gasteiger charge is -2.28. The number of anilines is 2. The molecule has 0 spiro atoms. The van der Waals surface area contributed by atoms with Gasteiger partial charge in [-0.1, -0.05) is 18.2 Å². The number of fused-ring (bicyclic) bond motifs is 1. The molecule has 1 aliphatic heterocycles. The van der Waals surface area contributed by atoms with Crippen molar-refractivity contribution in [3.8, 4) is 5.75 Å². The van der Waals surface area contributed by atoms with Gasteiger partial charge in [-0.3, -0.25) is 4.79 Å². The third-order valence-corrected chi connectivity index (χ3v) is 4.47. The summed E-state index contributed by atoms with van der Waals surface area (Å²) in [5.41, 5.74) is 3.58. The average Bonchev–Trinajstić information content (AvgIpc) is 3.19. The number of hydrogen-bond donors (Lipinski definition) is 1. The van der Waals surface area contributed by atoms with E-state index in [4.69, 9.17) is 14.1 Å². The number of nitrogens with zero attached hydrogens (tertiary/aromatic N) is 3. The normalized spacial score (nSPS) is 14.3. The molecule has 0 bridgehead atoms. The van der Waals surface area contributed by atoms with Crippen LogP contribution >= 0.6 is 0 Å². The molecular weight excluding hydrogens is 348 g/mol. The van der Waals surface area contributed by atoms with Crippen molar-refractivity contribution in [2.45, 2.75) is 6.92 Å². The number of benzene rings is 2. The number of carbonyl (C=O) groups excluding carboxylic acids is 1. The number of carbonyl (C=O) groups is 1. The molecule has 4 rings (SSSR count). The average molecular weight is 368 g/mol. The van der Waals surface area contributed by atoms with Crippen molar-refractivity contribution in [1.82, 2.24) is 10.3 Å². The Labute approximate surface area is 156 Å². The van der Waals surface area contributed by atoms with Crippen molar-refractivity contribution in [3.63, 3.8) is 0 Å². The molecule has 140 valence electrons. The van der Waals surface area contributed by atoms with Gasteiger partial charge >= 0.3 is 0 Å². The monoisotopic (exact) mass is 368 g/mol. The Balaban J connectivity index is 1.48. The largest absolute Gasteiger partial charge is 0.483 e. The molecule has 1 aromatic heterocycles. The second-order valence-electron chi connectivity index (χ2n) is 6.30. The Hall–Kier alpha value is -3.13. The van der Waals surface area contributed by atoms with E-state index in [1.54, 1.807) is 0 Å². The van der Waals surface area contributed by atoms with E-state index in [1.807, 2.05) is 43.3 Å². The second kappa shape index (κ2) is 7.63. The number of ether oxygens (including phenoxy) is 2. The van der Waals surface area contributed by atoms with E-state index in [0.29, 0.717) is 35.7 Å². The lowest BCUT2D eigenvalue weighted by Crippen LogP contribution is -2.36. The Kier molecular flexibility index (Phi) is 4.88. The van der Waals surface area contributed by atoms with Crippen molar-refractivity contribution in [3.05, 3.63) is 42.0 Å². The van der Waals surface area contributed by atoms with Crippen molar-refractivity contribution < 1.29 is 18.9 Å². The molecule has 0 aliphatic carbocycles. The summed E-state index contributed by atoms with van der Waals surface area (Å²) in [7, 11) is 0. The van der Waals surface area contributed by atoms with E-state index >= 15 is 0 Å². The minimum Gasteiger partial charge on any atom is -0.483 e. The highest BCUT2D eigenvalue weighted by Crippen LogP contribution is 2.30. The van der Waals surface area contributed by atoms with E-state index in [9.17, 15) is 4.79 Å². The van der Waals surface area contributed by atoms with E-state index in [2.05, 4.69) is 20.5 Å². The lowest BCUT2D eigenvalue weighted by molar-refractivity contribution is -0.118. The van der Waals surface area contributed by atoms with Crippen molar-refractivity contribution in [1.29, 1.82) is 0 Å². The van der Waals surface area contributed by atoms with Crippen molar-refractivity contribution in [2.75, 3.05) is 43.1 Å². The molecule has 1 amide bonds. The molecule has 1 N–H and O–H groups in total. The number of hydrogen-bond acceptors (Lipinski definition) is 7. The van der Waals surface area contributed by atoms with Crippen molar-refractivity contribution >= 4 is 28.3 Å². The maximum atomic E-state index is 12.3. The van der Waals surface area contributed by atoms with Crippen LogP contribution in [0, 0.1) is 6.92 Å². The van der Waals surface area contributed by atoms with E-state index in [1.165, 1.54) is 0 Å². The first-order chi connectivity index (χ1) is 13.2. The van der Waals surface area contributed by atoms with Crippen molar-refractivity contribution in [2.24, 2.45) is 0 Å². The summed E-state index contributed by atoms with van der Waals surface area (Å²) in [6.07, 6.45) is 0. The Morgan fingerprint density at radius 1 is 1.15 bits per heavy atom. The molecule has 0 atom stereocenters. The molecule has 2 aromatic carbocycles. The molecule has 1 aliphatic rings. The zero-order valence-electron chi connectivity index (χ0n) is 15.0. The highest BCUT2D eigenvalue weighted by molar-refractivity contribution is 6.03. The summed E-state index contributed by atoms with van der Waals surface area (Å²) in [6, 6.07) is 11.3. The molecular formula is C19H20N4O4. The van der Waals surface area contributed by atoms with Gasteiger partial charge in [0.2, 0.25) is 0 Å². The van der Waals surface area contributed by atoms with Crippen LogP contribution in [-0.4, -0.2) is 49.1 Å². The zero-order valence-corrected chi connectivity index (χ0v) is 15.0. The van der Waals surface area contributed by atoms with Crippen LogP contribution in [0.3, 0.4) is 0 Å². The first kappa shape index (κ1) is 17.3. The fourth-order valence-electron chi connectivity index (χ4n) is 3.06. The van der Waals surface area contributed by atoms with Crippen LogP contribution in [0.25, 0.3) is 11.0 Å². The van der Waals surface area contributed by atoms with Gasteiger partial charge in [0.25, 0.3) is 5.91 Å². The van der Waals surface area contributed by atoms with Crippen LogP contribution in [0.2, 0.25) is 0 Å².